The van der Waals surface area contributed by atoms with Gasteiger partial charge in [0.1, 0.15) is 0 Å². The molecule has 130 valence electrons. The zero-order chi connectivity index (χ0) is 17.0. The second-order valence-electron chi connectivity index (χ2n) is 6.13. The Morgan fingerprint density at radius 2 is 1.96 bits per heavy atom. The molecular weight excluding hydrogens is 326 g/mol. The molecule has 1 amide bonds. The van der Waals surface area contributed by atoms with Crippen LogP contribution in [0.15, 0.2) is 30.5 Å². The van der Waals surface area contributed by atoms with Gasteiger partial charge in [0.25, 0.3) is 0 Å². The Morgan fingerprint density at radius 3 is 2.75 bits per heavy atom. The van der Waals surface area contributed by atoms with Crippen LogP contribution in [-0.4, -0.2) is 49.0 Å². The van der Waals surface area contributed by atoms with Crippen molar-refractivity contribution in [2.45, 2.75) is 25.7 Å². The van der Waals surface area contributed by atoms with Crippen LogP contribution in [0, 0.1) is 0 Å². The molecule has 0 spiro atoms. The molecule has 6 nitrogen and oxygen atoms in total. The van der Waals surface area contributed by atoms with E-state index in [0.29, 0.717) is 25.9 Å². The van der Waals surface area contributed by atoms with Crippen molar-refractivity contribution in [3.05, 3.63) is 36.0 Å². The van der Waals surface area contributed by atoms with Crippen molar-refractivity contribution in [3.63, 3.8) is 0 Å². The topological polar surface area (TPSA) is 82.3 Å². The smallest absolute Gasteiger partial charge is 0.220 e. The molecule has 2 N–H and O–H groups in total. The molecule has 1 aromatic carbocycles. The van der Waals surface area contributed by atoms with Crippen molar-refractivity contribution in [1.82, 2.24) is 14.6 Å². The maximum absolute atomic E-state index is 12.1. The summed E-state index contributed by atoms with van der Waals surface area (Å²) in [4.78, 5) is 15.1. The number of fused-ring (bicyclic) bond motifs is 1. The Morgan fingerprint density at radius 1 is 1.21 bits per heavy atom. The summed E-state index contributed by atoms with van der Waals surface area (Å²) in [6.07, 6.45) is 4.77. The van der Waals surface area contributed by atoms with Gasteiger partial charge in [-0.15, -0.1) is 0 Å². The molecule has 2 aromatic rings. The number of nitrogens with one attached hydrogen (secondary N) is 2. The van der Waals surface area contributed by atoms with Gasteiger partial charge >= 0.3 is 0 Å². The third-order valence-corrected chi connectivity index (χ3v) is 6.31. The standard InChI is InChI=1S/C17H23N3O3S/c21-17(18-9-12-24(22,23)20-10-3-4-11-20)8-7-14-13-19-16-6-2-1-5-15(14)16/h1-2,5-6,13,19H,3-4,7-12H2,(H,18,21). The van der Waals surface area contributed by atoms with Gasteiger partial charge in [-0.25, -0.2) is 12.7 Å². The summed E-state index contributed by atoms with van der Waals surface area (Å²) >= 11 is 0. The van der Waals surface area contributed by atoms with E-state index in [-0.39, 0.29) is 18.2 Å². The number of aromatic amines is 1. The Balaban J connectivity index is 1.44. The third-order valence-electron chi connectivity index (χ3n) is 4.44. The molecule has 0 atom stereocenters. The van der Waals surface area contributed by atoms with Crippen LogP contribution in [0.3, 0.4) is 0 Å². The van der Waals surface area contributed by atoms with E-state index < -0.39 is 10.0 Å². The third kappa shape index (κ3) is 3.96. The van der Waals surface area contributed by atoms with E-state index in [0.717, 1.165) is 29.3 Å². The highest BCUT2D eigenvalue weighted by Gasteiger charge is 2.24. The lowest BCUT2D eigenvalue weighted by atomic mass is 10.1. The molecule has 0 saturated carbocycles. The zero-order valence-electron chi connectivity index (χ0n) is 13.6. The number of aromatic nitrogens is 1. The van der Waals surface area contributed by atoms with E-state index in [9.17, 15) is 13.2 Å². The van der Waals surface area contributed by atoms with Crippen LogP contribution in [0.5, 0.6) is 0 Å². The number of hydrogen-bond donors (Lipinski definition) is 2. The van der Waals surface area contributed by atoms with Crippen molar-refractivity contribution in [2.75, 3.05) is 25.4 Å². The first kappa shape index (κ1) is 17.0. The molecule has 24 heavy (non-hydrogen) atoms. The summed E-state index contributed by atoms with van der Waals surface area (Å²) in [5.41, 5.74) is 2.16. The van der Waals surface area contributed by atoms with Gasteiger partial charge in [-0.3, -0.25) is 4.79 Å². The van der Waals surface area contributed by atoms with Gasteiger partial charge < -0.3 is 10.3 Å². The van der Waals surface area contributed by atoms with Gasteiger partial charge in [0.2, 0.25) is 15.9 Å². The minimum Gasteiger partial charge on any atom is -0.361 e. The number of aryl methyl sites for hydroxylation is 1. The maximum Gasteiger partial charge on any atom is 0.220 e. The summed E-state index contributed by atoms with van der Waals surface area (Å²) in [5, 5.41) is 3.84. The van der Waals surface area contributed by atoms with E-state index in [1.54, 1.807) is 0 Å². The summed E-state index contributed by atoms with van der Waals surface area (Å²) < 4.78 is 25.7. The van der Waals surface area contributed by atoms with Crippen LogP contribution in [0.1, 0.15) is 24.8 Å². The molecule has 0 unspecified atom stereocenters. The lowest BCUT2D eigenvalue weighted by Crippen LogP contribution is -2.36. The van der Waals surface area contributed by atoms with E-state index >= 15 is 0 Å². The molecule has 1 aliphatic rings. The number of amides is 1. The number of carbonyl (C=O) groups excluding carboxylic acids is 1. The molecule has 7 heteroatoms. The normalized spacial score (nSPS) is 15.8. The average molecular weight is 349 g/mol. The first-order valence-electron chi connectivity index (χ1n) is 8.36. The molecule has 1 fully saturated rings. The first-order valence-corrected chi connectivity index (χ1v) is 9.97. The minimum absolute atomic E-state index is 0.0220. The number of hydrogen-bond acceptors (Lipinski definition) is 3. The van der Waals surface area contributed by atoms with E-state index in [1.807, 2.05) is 30.5 Å². The molecule has 1 saturated heterocycles. The highest BCUT2D eigenvalue weighted by Crippen LogP contribution is 2.18. The number of para-hydroxylation sites is 1. The molecular formula is C17H23N3O3S. The van der Waals surface area contributed by atoms with E-state index in [4.69, 9.17) is 0 Å². The van der Waals surface area contributed by atoms with Crippen molar-refractivity contribution < 1.29 is 13.2 Å². The fourth-order valence-electron chi connectivity index (χ4n) is 3.09. The molecule has 2 heterocycles. The summed E-state index contributed by atoms with van der Waals surface area (Å²) in [6, 6.07) is 7.98. The van der Waals surface area contributed by atoms with Gasteiger partial charge in [-0.05, 0) is 30.9 Å². The maximum atomic E-state index is 12.1. The SMILES string of the molecule is O=C(CCc1c[nH]c2ccccc12)NCCS(=O)(=O)N1CCCC1. The number of rotatable bonds is 7. The van der Waals surface area contributed by atoms with Crippen molar-refractivity contribution in [3.8, 4) is 0 Å². The van der Waals surface area contributed by atoms with E-state index in [2.05, 4.69) is 10.3 Å². The minimum atomic E-state index is -3.23. The highest BCUT2D eigenvalue weighted by molar-refractivity contribution is 7.89. The molecule has 3 rings (SSSR count). The number of nitrogens with zero attached hydrogens (tertiary/aromatic N) is 1. The van der Waals surface area contributed by atoms with Gasteiger partial charge in [-0.2, -0.15) is 0 Å². The van der Waals surface area contributed by atoms with Crippen LogP contribution in [-0.2, 0) is 21.2 Å². The quantitative estimate of drug-likeness (QED) is 0.797. The Kier molecular flexibility index (Phi) is 5.20. The van der Waals surface area contributed by atoms with Crippen LogP contribution >= 0.6 is 0 Å². The second kappa shape index (κ2) is 7.36. The van der Waals surface area contributed by atoms with Gasteiger partial charge in [0, 0.05) is 43.2 Å². The molecule has 0 bridgehead atoms. The Hall–Kier alpha value is -1.86. The Bertz CT molecular complexity index is 807. The molecule has 1 aromatic heterocycles. The summed E-state index contributed by atoms with van der Waals surface area (Å²) in [7, 11) is -3.23. The average Bonchev–Trinajstić information content (AvgIpc) is 3.23. The van der Waals surface area contributed by atoms with Gasteiger partial charge in [0.05, 0.1) is 5.75 Å². The second-order valence-corrected chi connectivity index (χ2v) is 8.22. The first-order chi connectivity index (χ1) is 11.6. The van der Waals surface area contributed by atoms with Gasteiger partial charge in [-0.1, -0.05) is 18.2 Å². The predicted octanol–water partition coefficient (Wildman–Crippen LogP) is 1.64. The number of sulfonamides is 1. The highest BCUT2D eigenvalue weighted by atomic mass is 32.2. The molecule has 0 radical (unpaired) electrons. The summed E-state index contributed by atoms with van der Waals surface area (Å²) in [6.45, 7) is 1.39. The fourth-order valence-corrected chi connectivity index (χ4v) is 4.52. The van der Waals surface area contributed by atoms with Gasteiger partial charge in [0.15, 0.2) is 0 Å². The monoisotopic (exact) mass is 349 g/mol. The number of benzene rings is 1. The predicted molar refractivity (Wildman–Crippen MR) is 94.2 cm³/mol. The molecule has 1 aliphatic heterocycles. The van der Waals surface area contributed by atoms with Crippen molar-refractivity contribution in [1.29, 1.82) is 0 Å². The van der Waals surface area contributed by atoms with Crippen molar-refractivity contribution >= 4 is 26.8 Å². The Labute approximate surface area is 142 Å². The number of carbonyl (C=O) groups is 1. The van der Waals surface area contributed by atoms with Crippen LogP contribution < -0.4 is 5.32 Å². The largest absolute Gasteiger partial charge is 0.361 e. The lowest BCUT2D eigenvalue weighted by molar-refractivity contribution is -0.120. The zero-order valence-corrected chi connectivity index (χ0v) is 14.4. The number of H-pyrrole nitrogens is 1. The van der Waals surface area contributed by atoms with Crippen molar-refractivity contribution in [2.24, 2.45) is 0 Å². The van der Waals surface area contributed by atoms with Crippen LogP contribution in [0.2, 0.25) is 0 Å². The van der Waals surface area contributed by atoms with Crippen LogP contribution in [0.4, 0.5) is 0 Å². The summed E-state index contributed by atoms with van der Waals surface area (Å²) in [5.74, 6) is -0.136. The molecule has 0 aliphatic carbocycles. The van der Waals surface area contributed by atoms with E-state index in [1.165, 1.54) is 4.31 Å². The van der Waals surface area contributed by atoms with Crippen LogP contribution in [0.25, 0.3) is 10.9 Å². The fraction of sp³-hybridized carbons (Fsp3) is 0.471. The lowest BCUT2D eigenvalue weighted by Gasteiger charge is -2.15.